The molecule has 1 heterocycles. The van der Waals surface area contributed by atoms with Crippen LogP contribution in [-0.2, 0) is 12.4 Å². The van der Waals surface area contributed by atoms with Crippen molar-refractivity contribution in [1.82, 2.24) is 15.1 Å². The zero-order chi connectivity index (χ0) is 28.0. The number of alkyl halides is 6. The van der Waals surface area contributed by atoms with Gasteiger partial charge in [-0.3, -0.25) is 0 Å². The molecule has 0 spiro atoms. The van der Waals surface area contributed by atoms with E-state index < -0.39 is 47.4 Å². The summed E-state index contributed by atoms with van der Waals surface area (Å²) < 4.78 is 94.2. The maximum absolute atomic E-state index is 13.8. The van der Waals surface area contributed by atoms with Gasteiger partial charge in [-0.2, -0.15) is 26.3 Å². The Kier molecular flexibility index (Phi) is 7.71. The van der Waals surface area contributed by atoms with Crippen LogP contribution in [0.25, 0.3) is 0 Å². The summed E-state index contributed by atoms with van der Waals surface area (Å²) in [6.45, 7) is 3.47. The van der Waals surface area contributed by atoms with Crippen molar-refractivity contribution in [2.75, 3.05) is 13.6 Å². The highest BCUT2D eigenvalue weighted by Crippen LogP contribution is 2.40. The van der Waals surface area contributed by atoms with Crippen LogP contribution in [0.4, 0.5) is 35.5 Å². The van der Waals surface area contributed by atoms with Crippen LogP contribution in [0.5, 0.6) is 0 Å². The quantitative estimate of drug-likeness (QED) is 0.402. The molecule has 4 rings (SSSR count). The van der Waals surface area contributed by atoms with Crippen LogP contribution in [0.2, 0.25) is 0 Å². The van der Waals surface area contributed by atoms with Crippen molar-refractivity contribution in [2.24, 2.45) is 0 Å². The third-order valence-electron chi connectivity index (χ3n) is 7.46. The molecule has 2 aromatic rings. The van der Waals surface area contributed by atoms with Gasteiger partial charge in [0.05, 0.1) is 23.2 Å². The molecule has 3 atom stereocenters. The molecule has 2 fully saturated rings. The van der Waals surface area contributed by atoms with Gasteiger partial charge >= 0.3 is 18.4 Å². The van der Waals surface area contributed by atoms with Gasteiger partial charge in [-0.25, -0.2) is 9.18 Å². The van der Waals surface area contributed by atoms with Gasteiger partial charge in [-0.15, -0.1) is 0 Å². The topological polar surface area (TPSA) is 35.6 Å². The second-order valence-electron chi connectivity index (χ2n) is 10.3. The van der Waals surface area contributed by atoms with Crippen molar-refractivity contribution < 1.29 is 35.5 Å². The third kappa shape index (κ3) is 6.24. The maximum atomic E-state index is 13.8. The van der Waals surface area contributed by atoms with Crippen molar-refractivity contribution in [1.29, 1.82) is 0 Å². The van der Waals surface area contributed by atoms with E-state index >= 15 is 0 Å². The predicted molar refractivity (Wildman–Crippen MR) is 128 cm³/mol. The normalized spacial score (nSPS) is 21.4. The number of likely N-dealkylation sites (tertiary alicyclic amines) is 1. The van der Waals surface area contributed by atoms with Gasteiger partial charge < -0.3 is 15.1 Å². The van der Waals surface area contributed by atoms with Crippen LogP contribution < -0.4 is 5.32 Å². The molecule has 0 aromatic heterocycles. The van der Waals surface area contributed by atoms with Gasteiger partial charge in [0.1, 0.15) is 5.82 Å². The fourth-order valence-corrected chi connectivity index (χ4v) is 5.05. The molecule has 1 aliphatic heterocycles. The number of rotatable bonds is 5. The average Bonchev–Trinajstić information content (AvgIpc) is 3.65. The molecule has 2 unspecified atom stereocenters. The summed E-state index contributed by atoms with van der Waals surface area (Å²) in [5, 5.41) is 3.56. The lowest BCUT2D eigenvalue weighted by molar-refractivity contribution is -0.143. The molecule has 1 N–H and O–H groups in total. The van der Waals surface area contributed by atoms with Crippen molar-refractivity contribution in [2.45, 2.75) is 76.1 Å². The highest BCUT2D eigenvalue weighted by atomic mass is 19.4. The number of piperidine rings is 1. The molecule has 0 radical (unpaired) electrons. The molecule has 2 aromatic carbocycles. The van der Waals surface area contributed by atoms with E-state index in [-0.39, 0.29) is 17.7 Å². The standard InChI is InChI=1S/C27H30F7N3O/c1-15-10-20(28)4-7-23(15)24-14-22(35-21-5-6-21)8-9-37(24)25(38)36(3)16(2)17-11-18(26(29,30)31)13-19(12-17)27(32,33)34/h4,7,10-13,16,21-22,24,35H,5-6,8-9,14H2,1-3H3/t16-,22?,24?/m1/s1. The minimum atomic E-state index is -4.99. The molecule has 1 saturated heterocycles. The van der Waals surface area contributed by atoms with Crippen molar-refractivity contribution >= 4 is 6.03 Å². The number of nitrogens with zero attached hydrogens (tertiary/aromatic N) is 2. The lowest BCUT2D eigenvalue weighted by atomic mass is 9.89. The monoisotopic (exact) mass is 545 g/mol. The second-order valence-corrected chi connectivity index (χ2v) is 10.3. The number of hydrogen-bond donors (Lipinski definition) is 1. The number of halogens is 7. The average molecular weight is 546 g/mol. The highest BCUT2D eigenvalue weighted by molar-refractivity contribution is 5.75. The Hall–Kier alpha value is -2.82. The highest BCUT2D eigenvalue weighted by Gasteiger charge is 2.40. The molecule has 0 bridgehead atoms. The molecule has 2 aliphatic rings. The summed E-state index contributed by atoms with van der Waals surface area (Å²) in [5.74, 6) is -0.414. The first kappa shape index (κ1) is 28.2. The zero-order valence-electron chi connectivity index (χ0n) is 21.3. The summed E-state index contributed by atoms with van der Waals surface area (Å²) in [6.07, 6.45) is -6.62. The molecule has 208 valence electrons. The number of hydrogen-bond acceptors (Lipinski definition) is 2. The van der Waals surface area contributed by atoms with E-state index in [1.54, 1.807) is 17.9 Å². The largest absolute Gasteiger partial charge is 0.416 e. The molecule has 1 saturated carbocycles. The lowest BCUT2D eigenvalue weighted by Gasteiger charge is -2.43. The smallest absolute Gasteiger partial charge is 0.321 e. The molecule has 11 heteroatoms. The van der Waals surface area contributed by atoms with Gasteiger partial charge in [-0.05, 0) is 86.6 Å². The van der Waals surface area contributed by atoms with Crippen molar-refractivity contribution in [3.63, 3.8) is 0 Å². The summed E-state index contributed by atoms with van der Waals surface area (Å²) in [4.78, 5) is 16.4. The molecule has 4 nitrogen and oxygen atoms in total. The van der Waals surface area contributed by atoms with Crippen LogP contribution in [0.3, 0.4) is 0 Å². The van der Waals surface area contributed by atoms with E-state index in [9.17, 15) is 35.5 Å². The maximum Gasteiger partial charge on any atom is 0.416 e. The Bertz CT molecular complexity index is 1140. The van der Waals surface area contributed by atoms with Crippen LogP contribution in [0.1, 0.15) is 72.5 Å². The number of carbonyl (C=O) groups is 1. The first-order chi connectivity index (χ1) is 17.6. The fraction of sp³-hybridized carbons (Fsp3) is 0.519. The van der Waals surface area contributed by atoms with Crippen molar-refractivity contribution in [3.8, 4) is 0 Å². The number of amides is 2. The number of urea groups is 1. The van der Waals surface area contributed by atoms with Gasteiger partial charge in [-0.1, -0.05) is 6.07 Å². The van der Waals surface area contributed by atoms with Gasteiger partial charge in [0.2, 0.25) is 0 Å². The van der Waals surface area contributed by atoms with Crippen LogP contribution in [-0.4, -0.2) is 41.5 Å². The Balaban J connectivity index is 1.63. The Morgan fingerprint density at radius 1 is 0.974 bits per heavy atom. The number of carbonyl (C=O) groups excluding carboxylic acids is 1. The van der Waals surface area contributed by atoms with Gasteiger partial charge in [0.25, 0.3) is 0 Å². The summed E-state index contributed by atoms with van der Waals surface area (Å²) >= 11 is 0. The van der Waals surface area contributed by atoms with E-state index in [4.69, 9.17) is 0 Å². The summed E-state index contributed by atoms with van der Waals surface area (Å²) in [5.41, 5.74) is -1.73. The summed E-state index contributed by atoms with van der Waals surface area (Å²) in [6, 6.07) is 4.21. The molecular weight excluding hydrogens is 515 g/mol. The number of aryl methyl sites for hydroxylation is 1. The fourth-order valence-electron chi connectivity index (χ4n) is 5.05. The zero-order valence-corrected chi connectivity index (χ0v) is 21.3. The van der Waals surface area contributed by atoms with E-state index in [0.717, 1.165) is 23.3 Å². The van der Waals surface area contributed by atoms with E-state index in [0.29, 0.717) is 43.1 Å². The SMILES string of the molecule is Cc1cc(F)ccc1C1CC(NC2CC2)CCN1C(=O)N(C)[C@H](C)c1cc(C(F)(F)F)cc(C(F)(F)F)c1. The first-order valence-electron chi connectivity index (χ1n) is 12.5. The van der Waals surface area contributed by atoms with E-state index in [1.165, 1.54) is 26.1 Å². The van der Waals surface area contributed by atoms with Gasteiger partial charge in [0.15, 0.2) is 0 Å². The second kappa shape index (κ2) is 10.4. The lowest BCUT2D eigenvalue weighted by Crippen LogP contribution is -2.51. The molecular formula is C27H30F7N3O. The Labute approximate surface area is 216 Å². The Morgan fingerprint density at radius 3 is 2.11 bits per heavy atom. The number of nitrogens with one attached hydrogen (secondary N) is 1. The minimum absolute atomic E-state index is 0.0724. The third-order valence-corrected chi connectivity index (χ3v) is 7.46. The van der Waals surface area contributed by atoms with Crippen LogP contribution in [0.15, 0.2) is 36.4 Å². The summed E-state index contributed by atoms with van der Waals surface area (Å²) in [7, 11) is 1.36. The van der Waals surface area contributed by atoms with E-state index in [1.807, 2.05) is 0 Å². The number of benzene rings is 2. The first-order valence-corrected chi connectivity index (χ1v) is 12.5. The predicted octanol–water partition coefficient (Wildman–Crippen LogP) is 7.24. The van der Waals surface area contributed by atoms with Crippen LogP contribution >= 0.6 is 0 Å². The molecule has 2 amide bonds. The Morgan fingerprint density at radius 2 is 1.58 bits per heavy atom. The minimum Gasteiger partial charge on any atom is -0.321 e. The van der Waals surface area contributed by atoms with Crippen molar-refractivity contribution in [3.05, 3.63) is 70.0 Å². The van der Waals surface area contributed by atoms with E-state index in [2.05, 4.69) is 5.32 Å². The van der Waals surface area contributed by atoms with Gasteiger partial charge in [0, 0.05) is 25.7 Å². The molecule has 38 heavy (non-hydrogen) atoms. The molecule has 1 aliphatic carbocycles. The van der Waals surface area contributed by atoms with Crippen LogP contribution in [0, 0.1) is 12.7 Å².